The first kappa shape index (κ1) is 23.4. The molecule has 1 aromatic heterocycles. The molecular formula is C24H27ClFN3O4. The van der Waals surface area contributed by atoms with Crippen molar-refractivity contribution in [2.24, 2.45) is 0 Å². The molecule has 0 bridgehead atoms. The molecule has 2 N–H and O–H groups in total. The Hall–Kier alpha value is -2.81. The number of H-pyrrole nitrogens is 1. The van der Waals surface area contributed by atoms with Crippen LogP contribution in [0.25, 0.3) is 11.3 Å². The molecule has 0 radical (unpaired) electrons. The number of nitrogens with one attached hydrogen (secondary N) is 2. The minimum atomic E-state index is -0.460. The van der Waals surface area contributed by atoms with Crippen LogP contribution in [-0.2, 0) is 15.9 Å². The van der Waals surface area contributed by atoms with Crippen LogP contribution in [0.15, 0.2) is 30.3 Å². The van der Waals surface area contributed by atoms with Crippen molar-refractivity contribution in [1.82, 2.24) is 10.2 Å². The third-order valence-electron chi connectivity index (χ3n) is 5.36. The molecule has 0 saturated heterocycles. The van der Waals surface area contributed by atoms with Gasteiger partial charge in [-0.05, 0) is 35.9 Å². The van der Waals surface area contributed by atoms with Crippen molar-refractivity contribution in [3.63, 3.8) is 0 Å². The van der Waals surface area contributed by atoms with Gasteiger partial charge in [-0.2, -0.15) is 5.10 Å². The van der Waals surface area contributed by atoms with Gasteiger partial charge in [-0.3, -0.25) is 5.10 Å². The largest absolute Gasteiger partial charge is 0.490 e. The number of aromatic nitrogens is 2. The van der Waals surface area contributed by atoms with E-state index in [0.29, 0.717) is 55.9 Å². The van der Waals surface area contributed by atoms with E-state index in [1.54, 1.807) is 20.3 Å². The molecular weight excluding hydrogens is 449 g/mol. The molecule has 2 aromatic carbocycles. The average molecular weight is 476 g/mol. The normalized spacial score (nSPS) is 11.9. The smallest absolute Gasteiger partial charge is 0.161 e. The topological polar surface area (TPSA) is 77.6 Å². The van der Waals surface area contributed by atoms with Gasteiger partial charge in [-0.15, -0.1) is 0 Å². The predicted octanol–water partition coefficient (Wildman–Crippen LogP) is 5.35. The maximum absolute atomic E-state index is 13.5. The fourth-order valence-corrected chi connectivity index (χ4v) is 3.92. The Labute approximate surface area is 197 Å². The number of benzene rings is 2. The Morgan fingerprint density at radius 1 is 1.00 bits per heavy atom. The zero-order valence-electron chi connectivity index (χ0n) is 18.7. The van der Waals surface area contributed by atoms with Crippen LogP contribution < -0.4 is 14.8 Å². The van der Waals surface area contributed by atoms with Gasteiger partial charge < -0.3 is 24.3 Å². The average Bonchev–Trinajstić information content (AvgIpc) is 3.36. The summed E-state index contributed by atoms with van der Waals surface area (Å²) in [6, 6.07) is 8.52. The summed E-state index contributed by atoms with van der Waals surface area (Å²) >= 11 is 5.92. The molecule has 33 heavy (non-hydrogen) atoms. The molecule has 0 atom stereocenters. The Morgan fingerprint density at radius 3 is 2.36 bits per heavy atom. The van der Waals surface area contributed by atoms with E-state index in [1.807, 2.05) is 12.1 Å². The van der Waals surface area contributed by atoms with Crippen LogP contribution in [0.5, 0.6) is 11.5 Å². The van der Waals surface area contributed by atoms with E-state index in [0.717, 1.165) is 35.2 Å². The Morgan fingerprint density at radius 2 is 1.70 bits per heavy atom. The van der Waals surface area contributed by atoms with E-state index in [4.69, 9.17) is 30.5 Å². The summed E-state index contributed by atoms with van der Waals surface area (Å²) in [6.45, 7) is 2.32. The molecule has 0 saturated carbocycles. The molecule has 4 rings (SSSR count). The second-order valence-corrected chi connectivity index (χ2v) is 8.11. The minimum absolute atomic E-state index is 0.0565. The summed E-state index contributed by atoms with van der Waals surface area (Å²) in [7, 11) is 3.35. The number of anilines is 2. The summed E-state index contributed by atoms with van der Waals surface area (Å²) < 4.78 is 35.8. The molecule has 3 aromatic rings. The minimum Gasteiger partial charge on any atom is -0.490 e. The Kier molecular flexibility index (Phi) is 7.69. The molecule has 1 aliphatic rings. The lowest BCUT2D eigenvalue weighted by Crippen LogP contribution is -2.06. The number of nitrogens with zero attached hydrogens (tertiary/aromatic N) is 1. The van der Waals surface area contributed by atoms with Crippen molar-refractivity contribution in [2.75, 3.05) is 46.0 Å². The summed E-state index contributed by atoms with van der Waals surface area (Å²) in [5, 5.41) is 10.8. The van der Waals surface area contributed by atoms with E-state index in [2.05, 4.69) is 15.5 Å². The molecule has 1 heterocycles. The van der Waals surface area contributed by atoms with E-state index >= 15 is 0 Å². The molecule has 9 heteroatoms. The fraction of sp³-hybridized carbons (Fsp3) is 0.375. The van der Waals surface area contributed by atoms with Gasteiger partial charge in [0.05, 0.1) is 23.9 Å². The lowest BCUT2D eigenvalue weighted by molar-refractivity contribution is 0.163. The summed E-state index contributed by atoms with van der Waals surface area (Å²) in [6.07, 6.45) is 2.24. The van der Waals surface area contributed by atoms with Crippen LogP contribution in [0.2, 0.25) is 5.02 Å². The van der Waals surface area contributed by atoms with Gasteiger partial charge in [0, 0.05) is 63.5 Å². The van der Waals surface area contributed by atoms with E-state index in [1.165, 1.54) is 12.1 Å². The molecule has 1 aliphatic carbocycles. The Bertz CT molecular complexity index is 1110. The Balaban J connectivity index is 1.56. The first-order valence-corrected chi connectivity index (χ1v) is 11.2. The quantitative estimate of drug-likeness (QED) is 0.269. The van der Waals surface area contributed by atoms with Crippen LogP contribution in [0.3, 0.4) is 0 Å². The van der Waals surface area contributed by atoms with Crippen LogP contribution in [0, 0.1) is 5.82 Å². The molecule has 0 unspecified atom stereocenters. The van der Waals surface area contributed by atoms with Crippen LogP contribution in [0.1, 0.15) is 24.0 Å². The SMILES string of the molecule is COCCCOc1cc2c(cc1OCCCOC)-c1[nH]nc(Nc3ccc(F)c(Cl)c3)c1C2. The van der Waals surface area contributed by atoms with E-state index in [9.17, 15) is 4.39 Å². The number of fused-ring (bicyclic) bond motifs is 3. The maximum atomic E-state index is 13.5. The molecule has 0 aliphatic heterocycles. The van der Waals surface area contributed by atoms with Gasteiger partial charge in [0.1, 0.15) is 5.82 Å². The molecule has 0 amide bonds. The molecule has 7 nitrogen and oxygen atoms in total. The zero-order valence-corrected chi connectivity index (χ0v) is 19.4. The second kappa shape index (κ2) is 10.9. The maximum Gasteiger partial charge on any atom is 0.161 e. The van der Waals surface area contributed by atoms with Crippen molar-refractivity contribution in [3.8, 4) is 22.8 Å². The summed E-state index contributed by atoms with van der Waals surface area (Å²) in [5.74, 6) is 1.61. The van der Waals surface area contributed by atoms with E-state index in [-0.39, 0.29) is 5.02 Å². The number of hydrogen-bond acceptors (Lipinski definition) is 6. The third-order valence-corrected chi connectivity index (χ3v) is 5.65. The molecule has 176 valence electrons. The van der Waals surface area contributed by atoms with Gasteiger partial charge in [0.2, 0.25) is 0 Å². The first-order valence-electron chi connectivity index (χ1n) is 10.8. The zero-order chi connectivity index (χ0) is 23.2. The van der Waals surface area contributed by atoms with Gasteiger partial charge in [-0.1, -0.05) is 11.6 Å². The standard InChI is InChI=1S/C24H27ClFN3O4/c1-30-7-3-9-32-21-12-15-11-18-23(17(15)14-22(21)33-10-4-8-31-2)28-29-24(18)27-16-5-6-20(26)19(25)13-16/h5-6,12-14H,3-4,7-11H2,1-2H3,(H2,27,28,29). The lowest BCUT2D eigenvalue weighted by atomic mass is 10.1. The summed E-state index contributed by atoms with van der Waals surface area (Å²) in [4.78, 5) is 0. The van der Waals surface area contributed by atoms with Crippen molar-refractivity contribution in [1.29, 1.82) is 0 Å². The van der Waals surface area contributed by atoms with Crippen molar-refractivity contribution in [3.05, 3.63) is 52.3 Å². The second-order valence-electron chi connectivity index (χ2n) is 7.70. The predicted molar refractivity (Wildman–Crippen MR) is 125 cm³/mol. The number of ether oxygens (including phenoxy) is 4. The van der Waals surface area contributed by atoms with E-state index < -0.39 is 5.82 Å². The first-order chi connectivity index (χ1) is 16.1. The highest BCUT2D eigenvalue weighted by atomic mass is 35.5. The van der Waals surface area contributed by atoms with Gasteiger partial charge >= 0.3 is 0 Å². The molecule has 0 fully saturated rings. The number of hydrogen-bond donors (Lipinski definition) is 2. The van der Waals surface area contributed by atoms with Gasteiger partial charge in [0.15, 0.2) is 17.3 Å². The van der Waals surface area contributed by atoms with Gasteiger partial charge in [-0.25, -0.2) is 4.39 Å². The van der Waals surface area contributed by atoms with Crippen molar-refractivity contribution >= 4 is 23.1 Å². The van der Waals surface area contributed by atoms with Crippen LogP contribution >= 0.6 is 11.6 Å². The third kappa shape index (κ3) is 5.40. The van der Waals surface area contributed by atoms with Crippen molar-refractivity contribution in [2.45, 2.75) is 19.3 Å². The lowest BCUT2D eigenvalue weighted by Gasteiger charge is -2.15. The number of aromatic amines is 1. The fourth-order valence-electron chi connectivity index (χ4n) is 3.74. The highest BCUT2D eigenvalue weighted by molar-refractivity contribution is 6.31. The number of rotatable bonds is 12. The number of methoxy groups -OCH3 is 2. The van der Waals surface area contributed by atoms with Crippen LogP contribution in [0.4, 0.5) is 15.9 Å². The van der Waals surface area contributed by atoms with Gasteiger partial charge in [0.25, 0.3) is 0 Å². The summed E-state index contributed by atoms with van der Waals surface area (Å²) in [5.41, 5.74) is 4.75. The van der Waals surface area contributed by atoms with Crippen LogP contribution in [-0.4, -0.2) is 50.8 Å². The highest BCUT2D eigenvalue weighted by Gasteiger charge is 2.27. The molecule has 0 spiro atoms. The number of halogens is 2. The highest BCUT2D eigenvalue weighted by Crippen LogP contribution is 2.44. The monoisotopic (exact) mass is 475 g/mol. The van der Waals surface area contributed by atoms with Crippen molar-refractivity contribution < 1.29 is 23.3 Å².